The second kappa shape index (κ2) is 7.98. The molecule has 1 atom stereocenters. The smallest absolute Gasteiger partial charge is 0.228 e. The molecule has 3 rings (SSSR count). The molecule has 0 bridgehead atoms. The molecule has 1 aromatic carbocycles. The van der Waals surface area contributed by atoms with Crippen LogP contribution < -0.4 is 20.5 Å². The zero-order valence-electron chi connectivity index (χ0n) is 14.5. The number of benzene rings is 1. The van der Waals surface area contributed by atoms with E-state index in [4.69, 9.17) is 20.6 Å². The number of thiazole rings is 1. The first kappa shape index (κ1) is 18.6. The van der Waals surface area contributed by atoms with Crippen LogP contribution >= 0.6 is 31.6 Å². The first-order chi connectivity index (χ1) is 12.5. The number of nitrogens with two attached hydrogens (primary N) is 1. The van der Waals surface area contributed by atoms with Crippen molar-refractivity contribution >= 4 is 48.3 Å². The van der Waals surface area contributed by atoms with Crippen LogP contribution in [0.1, 0.15) is 4.88 Å². The van der Waals surface area contributed by atoms with Crippen molar-refractivity contribution in [3.63, 3.8) is 0 Å². The molecule has 0 aliphatic heterocycles. The third-order valence-electron chi connectivity index (χ3n) is 3.63. The Kier molecular flexibility index (Phi) is 5.70. The van der Waals surface area contributed by atoms with Crippen LogP contribution in [0.5, 0.6) is 11.5 Å². The van der Waals surface area contributed by atoms with Gasteiger partial charge < -0.3 is 20.5 Å². The summed E-state index contributed by atoms with van der Waals surface area (Å²) in [7, 11) is 4.73. The van der Waals surface area contributed by atoms with Crippen molar-refractivity contribution in [1.82, 2.24) is 4.98 Å². The highest BCUT2D eigenvalue weighted by Crippen LogP contribution is 2.41. The van der Waals surface area contributed by atoms with Gasteiger partial charge in [0, 0.05) is 23.8 Å². The fourth-order valence-corrected chi connectivity index (χ4v) is 5.93. The summed E-state index contributed by atoms with van der Waals surface area (Å²) >= 11 is 1.51. The molecule has 3 aromatic rings. The maximum atomic E-state index is 7.73. The number of anilines is 2. The van der Waals surface area contributed by atoms with Crippen molar-refractivity contribution in [3.05, 3.63) is 39.9 Å². The van der Waals surface area contributed by atoms with Crippen LogP contribution in [0.25, 0.3) is 11.3 Å². The van der Waals surface area contributed by atoms with Gasteiger partial charge >= 0.3 is 0 Å². The summed E-state index contributed by atoms with van der Waals surface area (Å²) in [6.07, 6.45) is 2.02. The van der Waals surface area contributed by atoms with E-state index in [2.05, 4.69) is 15.7 Å². The number of rotatable bonds is 7. The molecule has 4 N–H and O–H groups in total. The lowest BCUT2D eigenvalue weighted by Crippen LogP contribution is -2.09. The zero-order chi connectivity index (χ0) is 18.7. The molecule has 1 unspecified atom stereocenters. The lowest BCUT2D eigenvalue weighted by Gasteiger charge is -2.10. The predicted octanol–water partition coefficient (Wildman–Crippen LogP) is 4.73. The van der Waals surface area contributed by atoms with Gasteiger partial charge in [0.1, 0.15) is 22.3 Å². The summed E-state index contributed by atoms with van der Waals surface area (Å²) in [5, 5.41) is 15.9. The van der Waals surface area contributed by atoms with Crippen molar-refractivity contribution in [3.8, 4) is 22.8 Å². The van der Waals surface area contributed by atoms with E-state index in [0.717, 1.165) is 32.7 Å². The molecule has 6 nitrogen and oxygen atoms in total. The molecule has 0 spiro atoms. The van der Waals surface area contributed by atoms with Crippen molar-refractivity contribution in [1.29, 1.82) is 5.41 Å². The number of hydrogen-bond donors (Lipinski definition) is 3. The molecule has 2 heterocycles. The van der Waals surface area contributed by atoms with Crippen LogP contribution in [0.2, 0.25) is 0 Å². The Hall–Kier alpha value is -2.23. The number of nitrogen functional groups attached to an aromatic ring is 1. The van der Waals surface area contributed by atoms with Crippen molar-refractivity contribution in [2.75, 3.05) is 25.8 Å². The molecule has 0 amide bonds. The van der Waals surface area contributed by atoms with Crippen LogP contribution in [0.15, 0.2) is 35.0 Å². The van der Waals surface area contributed by atoms with Crippen LogP contribution in [0, 0.1) is 5.41 Å². The largest absolute Gasteiger partial charge is 0.497 e. The number of nitrogens with zero attached hydrogens (tertiary/aromatic N) is 1. The van der Waals surface area contributed by atoms with Gasteiger partial charge in [-0.2, -0.15) is 0 Å². The Morgan fingerprint density at radius 1 is 1.31 bits per heavy atom. The van der Waals surface area contributed by atoms with E-state index in [0.29, 0.717) is 5.75 Å². The van der Waals surface area contributed by atoms with Gasteiger partial charge in [-0.05, 0) is 12.1 Å². The Morgan fingerprint density at radius 2 is 2.12 bits per heavy atom. The topological polar surface area (TPSA) is 93.2 Å². The fourth-order valence-electron chi connectivity index (χ4n) is 2.36. The van der Waals surface area contributed by atoms with Crippen LogP contribution in [-0.2, 0) is 0 Å². The van der Waals surface area contributed by atoms with Gasteiger partial charge in [-0.1, -0.05) is 0 Å². The zero-order valence-corrected chi connectivity index (χ0v) is 17.0. The number of aromatic nitrogens is 1. The second-order valence-electron chi connectivity index (χ2n) is 5.19. The highest BCUT2D eigenvalue weighted by Gasteiger charge is 2.22. The average Bonchev–Trinajstić information content (AvgIpc) is 3.28. The summed E-state index contributed by atoms with van der Waals surface area (Å²) in [6, 6.07) is 7.51. The summed E-state index contributed by atoms with van der Waals surface area (Å²) in [6.45, 7) is 0. The third kappa shape index (κ3) is 3.79. The van der Waals surface area contributed by atoms with Crippen molar-refractivity contribution < 1.29 is 9.47 Å². The van der Waals surface area contributed by atoms with Gasteiger partial charge in [-0.25, -0.2) is 4.98 Å². The molecule has 0 aliphatic rings. The van der Waals surface area contributed by atoms with Crippen molar-refractivity contribution in [2.24, 2.45) is 5.73 Å². The standard InChI is InChI=1S/C17H19N4O2S3/c1-22-11-4-5-14(23-2)12(7-11)20-17-21-13(8-25-17)10-6-15(16(18)19)26(9-10)24-3/h4-9H,1-3H3,(H3,18,19)(H,20,21)/q+1. The normalized spacial score (nSPS) is 11.3. The summed E-state index contributed by atoms with van der Waals surface area (Å²) in [4.78, 5) is 5.51. The SMILES string of the molecule is COc1ccc(OC)c(Nc2nc(-c3cc(C(=N)N)[s+](SC)c3)cs2)c1. The molecule has 9 heteroatoms. The molecule has 136 valence electrons. The van der Waals surface area contributed by atoms with Gasteiger partial charge in [0.25, 0.3) is 0 Å². The Labute approximate surface area is 162 Å². The highest BCUT2D eigenvalue weighted by molar-refractivity contribution is 8.45. The molecular weight excluding hydrogens is 388 g/mol. The van der Waals surface area contributed by atoms with Gasteiger partial charge in [0.05, 0.1) is 40.7 Å². The number of amidine groups is 1. The molecule has 2 aromatic heterocycles. The number of thiophene rings is 1. The van der Waals surface area contributed by atoms with Gasteiger partial charge in [-0.3, -0.25) is 5.41 Å². The number of ether oxygens (including phenoxy) is 2. The fraction of sp³-hybridized carbons (Fsp3) is 0.176. The number of nitrogens with one attached hydrogen (secondary N) is 2. The lowest BCUT2D eigenvalue weighted by molar-refractivity contribution is 0.405. The molecule has 0 fully saturated rings. The lowest BCUT2D eigenvalue weighted by atomic mass is 10.2. The van der Waals surface area contributed by atoms with E-state index >= 15 is 0 Å². The molecule has 0 aliphatic carbocycles. The van der Waals surface area contributed by atoms with Crippen LogP contribution in [0.3, 0.4) is 0 Å². The maximum Gasteiger partial charge on any atom is 0.228 e. The molecule has 0 radical (unpaired) electrons. The summed E-state index contributed by atoms with van der Waals surface area (Å²) in [5.74, 6) is 1.57. The van der Waals surface area contributed by atoms with E-state index in [9.17, 15) is 0 Å². The average molecular weight is 408 g/mol. The minimum absolute atomic E-state index is 0.114. The third-order valence-corrected chi connectivity index (χ3v) is 7.89. The molecule has 0 saturated heterocycles. The summed E-state index contributed by atoms with van der Waals surface area (Å²) < 4.78 is 10.7. The Balaban J connectivity index is 1.88. The monoisotopic (exact) mass is 407 g/mol. The minimum Gasteiger partial charge on any atom is -0.497 e. The predicted molar refractivity (Wildman–Crippen MR) is 113 cm³/mol. The molecule has 26 heavy (non-hydrogen) atoms. The first-order valence-electron chi connectivity index (χ1n) is 7.56. The summed E-state index contributed by atoms with van der Waals surface area (Å²) in [5.41, 5.74) is 8.34. The van der Waals surface area contributed by atoms with E-state index in [1.54, 1.807) is 25.0 Å². The van der Waals surface area contributed by atoms with Crippen LogP contribution in [0.4, 0.5) is 10.8 Å². The van der Waals surface area contributed by atoms with Gasteiger partial charge in [0.2, 0.25) is 4.88 Å². The molecule has 0 saturated carbocycles. The van der Waals surface area contributed by atoms with Crippen LogP contribution in [-0.4, -0.2) is 31.3 Å². The van der Waals surface area contributed by atoms with Gasteiger partial charge in [0.15, 0.2) is 16.3 Å². The van der Waals surface area contributed by atoms with Crippen molar-refractivity contribution in [2.45, 2.75) is 0 Å². The highest BCUT2D eigenvalue weighted by atomic mass is 33.1. The number of hydrogen-bond acceptors (Lipinski definition) is 7. The van der Waals surface area contributed by atoms with E-state index in [1.165, 1.54) is 11.3 Å². The second-order valence-corrected chi connectivity index (χ2v) is 9.73. The molecular formula is C17H19N4O2S3+. The first-order valence-corrected chi connectivity index (χ1v) is 11.5. The quantitative estimate of drug-likeness (QED) is 0.227. The Bertz CT molecular complexity index is 936. The minimum atomic E-state index is -0.197. The van der Waals surface area contributed by atoms with Gasteiger partial charge in [-0.15, -0.1) is 11.3 Å². The maximum absolute atomic E-state index is 7.73. The Morgan fingerprint density at radius 3 is 2.73 bits per heavy atom. The number of methoxy groups -OCH3 is 2. The van der Waals surface area contributed by atoms with E-state index in [1.807, 2.05) is 35.9 Å². The van der Waals surface area contributed by atoms with E-state index in [-0.39, 0.29) is 15.3 Å². The van der Waals surface area contributed by atoms with E-state index < -0.39 is 0 Å².